The highest BCUT2D eigenvalue weighted by atomic mass is 19.1. The summed E-state index contributed by atoms with van der Waals surface area (Å²) in [7, 11) is 0. The van der Waals surface area contributed by atoms with Gasteiger partial charge in [0.25, 0.3) is 0 Å². The van der Waals surface area contributed by atoms with Gasteiger partial charge < -0.3 is 5.73 Å². The second kappa shape index (κ2) is 3.88. The fraction of sp³-hybridized carbons (Fsp3) is 0.455. The zero-order valence-corrected chi connectivity index (χ0v) is 8.34. The highest BCUT2D eigenvalue weighted by Gasteiger charge is 2.13. The van der Waals surface area contributed by atoms with Crippen LogP contribution in [0.5, 0.6) is 0 Å². The lowest BCUT2D eigenvalue weighted by molar-refractivity contribution is 0.508. The number of rotatable bonds is 2. The van der Waals surface area contributed by atoms with Gasteiger partial charge in [-0.1, -0.05) is 19.9 Å². The molecule has 0 spiro atoms. The van der Waals surface area contributed by atoms with Crippen molar-refractivity contribution in [2.75, 3.05) is 0 Å². The van der Waals surface area contributed by atoms with E-state index >= 15 is 0 Å². The number of halogens is 1. The van der Waals surface area contributed by atoms with Gasteiger partial charge in [0.05, 0.1) is 0 Å². The van der Waals surface area contributed by atoms with E-state index in [9.17, 15) is 4.39 Å². The minimum Gasteiger partial charge on any atom is -0.324 e. The second-order valence-electron chi connectivity index (χ2n) is 3.77. The molecule has 2 heteroatoms. The van der Waals surface area contributed by atoms with Crippen molar-refractivity contribution in [2.45, 2.75) is 26.8 Å². The largest absolute Gasteiger partial charge is 0.324 e. The maximum Gasteiger partial charge on any atom is 0.123 e. The normalized spacial score (nSPS) is 13.4. The maximum absolute atomic E-state index is 12.9. The smallest absolute Gasteiger partial charge is 0.123 e. The van der Waals surface area contributed by atoms with Crippen molar-refractivity contribution < 1.29 is 4.39 Å². The summed E-state index contributed by atoms with van der Waals surface area (Å²) in [5.41, 5.74) is 7.91. The highest BCUT2D eigenvalue weighted by molar-refractivity contribution is 5.29. The van der Waals surface area contributed by atoms with Crippen LogP contribution in [0.25, 0.3) is 0 Å². The van der Waals surface area contributed by atoms with Gasteiger partial charge in [0.15, 0.2) is 0 Å². The molecule has 1 aromatic carbocycles. The van der Waals surface area contributed by atoms with Gasteiger partial charge in [-0.2, -0.15) is 0 Å². The Labute approximate surface area is 78.8 Å². The van der Waals surface area contributed by atoms with E-state index in [0.29, 0.717) is 5.92 Å². The molecule has 0 fully saturated rings. The van der Waals surface area contributed by atoms with Crippen LogP contribution in [0.2, 0.25) is 0 Å². The van der Waals surface area contributed by atoms with Crippen molar-refractivity contribution in [3.05, 3.63) is 35.1 Å². The van der Waals surface area contributed by atoms with Crippen molar-refractivity contribution in [1.82, 2.24) is 0 Å². The molecule has 1 unspecified atom stereocenters. The van der Waals surface area contributed by atoms with Crippen LogP contribution in [-0.2, 0) is 0 Å². The molecule has 1 atom stereocenters. The van der Waals surface area contributed by atoms with E-state index in [1.54, 1.807) is 6.07 Å². The van der Waals surface area contributed by atoms with Gasteiger partial charge in [-0.05, 0) is 36.1 Å². The summed E-state index contributed by atoms with van der Waals surface area (Å²) in [4.78, 5) is 0. The van der Waals surface area contributed by atoms with Gasteiger partial charge in [0.2, 0.25) is 0 Å². The minimum atomic E-state index is -0.211. The third-order valence-corrected chi connectivity index (χ3v) is 2.32. The van der Waals surface area contributed by atoms with Crippen LogP contribution in [0.4, 0.5) is 4.39 Å². The van der Waals surface area contributed by atoms with Gasteiger partial charge in [0, 0.05) is 6.04 Å². The maximum atomic E-state index is 12.9. The first-order chi connectivity index (χ1) is 6.02. The summed E-state index contributed by atoms with van der Waals surface area (Å²) in [6.45, 7) is 6.03. The van der Waals surface area contributed by atoms with E-state index in [0.717, 1.165) is 11.1 Å². The number of benzene rings is 1. The summed E-state index contributed by atoms with van der Waals surface area (Å²) >= 11 is 0. The summed E-state index contributed by atoms with van der Waals surface area (Å²) in [5.74, 6) is 0.122. The molecule has 0 aliphatic carbocycles. The lowest BCUT2D eigenvalue weighted by atomic mass is 9.93. The van der Waals surface area contributed by atoms with Crippen LogP contribution < -0.4 is 5.73 Å². The fourth-order valence-corrected chi connectivity index (χ4v) is 1.33. The lowest BCUT2D eigenvalue weighted by Crippen LogP contribution is -2.17. The molecule has 72 valence electrons. The number of nitrogens with two attached hydrogens (primary N) is 1. The third kappa shape index (κ3) is 2.28. The quantitative estimate of drug-likeness (QED) is 0.746. The molecular formula is C11H16FN. The van der Waals surface area contributed by atoms with Gasteiger partial charge in [0.1, 0.15) is 5.82 Å². The molecule has 2 N–H and O–H groups in total. The molecule has 1 aromatic rings. The SMILES string of the molecule is Cc1ccc(F)cc1C(N)C(C)C. The molecule has 13 heavy (non-hydrogen) atoms. The molecular weight excluding hydrogens is 165 g/mol. The Bertz CT molecular complexity index is 294. The second-order valence-corrected chi connectivity index (χ2v) is 3.77. The van der Waals surface area contributed by atoms with E-state index in [1.165, 1.54) is 12.1 Å². The van der Waals surface area contributed by atoms with Gasteiger partial charge in [-0.15, -0.1) is 0 Å². The molecule has 0 aliphatic heterocycles. The number of hydrogen-bond donors (Lipinski definition) is 1. The van der Waals surface area contributed by atoms with Crippen LogP contribution >= 0.6 is 0 Å². The zero-order chi connectivity index (χ0) is 10.0. The molecule has 0 aliphatic rings. The lowest BCUT2D eigenvalue weighted by Gasteiger charge is -2.18. The van der Waals surface area contributed by atoms with Crippen molar-refractivity contribution in [1.29, 1.82) is 0 Å². The Kier molecular flexibility index (Phi) is 3.04. The van der Waals surface area contributed by atoms with Gasteiger partial charge in [-0.25, -0.2) is 4.39 Å². The summed E-state index contributed by atoms with van der Waals surface area (Å²) < 4.78 is 12.9. The van der Waals surface area contributed by atoms with E-state index < -0.39 is 0 Å². The number of aryl methyl sites for hydroxylation is 1. The van der Waals surface area contributed by atoms with Crippen LogP contribution in [0.3, 0.4) is 0 Å². The van der Waals surface area contributed by atoms with Gasteiger partial charge >= 0.3 is 0 Å². The summed E-state index contributed by atoms with van der Waals surface area (Å²) in [5, 5.41) is 0. The predicted molar refractivity (Wildman–Crippen MR) is 52.9 cm³/mol. The molecule has 1 nitrogen and oxygen atoms in total. The Balaban J connectivity index is 3.05. The van der Waals surface area contributed by atoms with Crippen molar-refractivity contribution >= 4 is 0 Å². The number of hydrogen-bond acceptors (Lipinski definition) is 1. The Morgan fingerprint density at radius 2 is 1.92 bits per heavy atom. The molecule has 0 aromatic heterocycles. The van der Waals surface area contributed by atoms with Crippen molar-refractivity contribution in [3.8, 4) is 0 Å². The van der Waals surface area contributed by atoms with E-state index in [1.807, 2.05) is 20.8 Å². The molecule has 0 radical (unpaired) electrons. The predicted octanol–water partition coefficient (Wildman–Crippen LogP) is 2.79. The first-order valence-corrected chi connectivity index (χ1v) is 4.54. The van der Waals surface area contributed by atoms with Crippen LogP contribution in [-0.4, -0.2) is 0 Å². The van der Waals surface area contributed by atoms with Crippen LogP contribution in [0.15, 0.2) is 18.2 Å². The zero-order valence-electron chi connectivity index (χ0n) is 8.34. The first-order valence-electron chi connectivity index (χ1n) is 4.54. The van der Waals surface area contributed by atoms with Crippen LogP contribution in [0.1, 0.15) is 31.0 Å². The first kappa shape index (κ1) is 10.2. The summed E-state index contributed by atoms with van der Waals surface area (Å²) in [6.07, 6.45) is 0. The van der Waals surface area contributed by atoms with Crippen molar-refractivity contribution in [2.24, 2.45) is 11.7 Å². The third-order valence-electron chi connectivity index (χ3n) is 2.32. The molecule has 0 bridgehead atoms. The monoisotopic (exact) mass is 181 g/mol. The average Bonchev–Trinajstić information content (AvgIpc) is 2.08. The fourth-order valence-electron chi connectivity index (χ4n) is 1.33. The molecule has 0 amide bonds. The van der Waals surface area contributed by atoms with E-state index in [-0.39, 0.29) is 11.9 Å². The van der Waals surface area contributed by atoms with Crippen molar-refractivity contribution in [3.63, 3.8) is 0 Å². The minimum absolute atomic E-state index is 0.0734. The summed E-state index contributed by atoms with van der Waals surface area (Å²) in [6, 6.07) is 4.69. The Morgan fingerprint density at radius 3 is 2.46 bits per heavy atom. The van der Waals surface area contributed by atoms with Crippen LogP contribution in [0, 0.1) is 18.7 Å². The molecule has 0 heterocycles. The topological polar surface area (TPSA) is 26.0 Å². The standard InChI is InChI=1S/C11H16FN/c1-7(2)11(13)10-6-9(12)5-4-8(10)3/h4-7,11H,13H2,1-3H3. The van der Waals surface area contributed by atoms with E-state index in [4.69, 9.17) is 5.73 Å². The molecule has 1 rings (SSSR count). The average molecular weight is 181 g/mol. The molecule has 0 saturated heterocycles. The molecule has 0 saturated carbocycles. The Hall–Kier alpha value is -0.890. The Morgan fingerprint density at radius 1 is 1.31 bits per heavy atom. The highest BCUT2D eigenvalue weighted by Crippen LogP contribution is 2.22. The van der Waals surface area contributed by atoms with E-state index in [2.05, 4.69) is 0 Å². The van der Waals surface area contributed by atoms with Gasteiger partial charge in [-0.3, -0.25) is 0 Å².